The Hall–Kier alpha value is -1.07. The van der Waals surface area contributed by atoms with E-state index in [1.54, 1.807) is 12.1 Å². The standard InChI is InChI=1S/C13H21NO3S/c1-10(2)8-18(15,16)9-12-6-11(7-14)4-5-13(12)17-3/h4-6,10H,7-9,14H2,1-3H3. The van der Waals surface area contributed by atoms with E-state index >= 15 is 0 Å². The molecule has 1 aromatic carbocycles. The van der Waals surface area contributed by atoms with Crippen molar-refractivity contribution in [2.45, 2.75) is 26.1 Å². The van der Waals surface area contributed by atoms with Gasteiger partial charge in [-0.15, -0.1) is 0 Å². The van der Waals surface area contributed by atoms with Gasteiger partial charge in [-0.3, -0.25) is 0 Å². The van der Waals surface area contributed by atoms with E-state index in [1.165, 1.54) is 7.11 Å². The molecule has 1 rings (SSSR count). The molecule has 0 aliphatic heterocycles. The lowest BCUT2D eigenvalue weighted by atomic mass is 10.1. The van der Waals surface area contributed by atoms with Crippen molar-refractivity contribution in [1.29, 1.82) is 0 Å². The number of ether oxygens (including phenoxy) is 1. The summed E-state index contributed by atoms with van der Waals surface area (Å²) in [7, 11) is -1.57. The third kappa shape index (κ3) is 4.31. The molecule has 0 amide bonds. The van der Waals surface area contributed by atoms with Crippen molar-refractivity contribution in [3.8, 4) is 5.75 Å². The minimum absolute atomic E-state index is 0.00218. The summed E-state index contributed by atoms with van der Waals surface area (Å²) in [6.45, 7) is 4.18. The Kier molecular flexibility index (Phi) is 5.16. The van der Waals surface area contributed by atoms with Crippen molar-refractivity contribution < 1.29 is 13.2 Å². The van der Waals surface area contributed by atoms with Gasteiger partial charge < -0.3 is 10.5 Å². The van der Waals surface area contributed by atoms with Crippen molar-refractivity contribution in [1.82, 2.24) is 0 Å². The van der Waals surface area contributed by atoms with Crippen LogP contribution in [0, 0.1) is 5.92 Å². The first-order valence-corrected chi connectivity index (χ1v) is 7.76. The van der Waals surface area contributed by atoms with Gasteiger partial charge in [0.2, 0.25) is 0 Å². The molecule has 5 heteroatoms. The van der Waals surface area contributed by atoms with Crippen molar-refractivity contribution in [3.63, 3.8) is 0 Å². The van der Waals surface area contributed by atoms with Gasteiger partial charge in [0.1, 0.15) is 5.75 Å². The minimum Gasteiger partial charge on any atom is -0.496 e. The Balaban J connectivity index is 3.01. The predicted octanol–water partition coefficient (Wildman–Crippen LogP) is 1.72. The molecule has 1 aromatic rings. The lowest BCUT2D eigenvalue weighted by Crippen LogP contribution is -2.14. The summed E-state index contributed by atoms with van der Waals surface area (Å²) in [6, 6.07) is 5.41. The second kappa shape index (κ2) is 6.20. The summed E-state index contributed by atoms with van der Waals surface area (Å²) in [4.78, 5) is 0. The van der Waals surface area contributed by atoms with E-state index in [-0.39, 0.29) is 17.4 Å². The maximum atomic E-state index is 12.0. The van der Waals surface area contributed by atoms with Gasteiger partial charge in [0.25, 0.3) is 0 Å². The highest BCUT2D eigenvalue weighted by molar-refractivity contribution is 7.90. The number of benzene rings is 1. The number of hydrogen-bond acceptors (Lipinski definition) is 4. The Morgan fingerprint density at radius 1 is 1.33 bits per heavy atom. The van der Waals surface area contributed by atoms with Crippen LogP contribution in [0.1, 0.15) is 25.0 Å². The first kappa shape index (κ1) is 15.0. The second-order valence-electron chi connectivity index (χ2n) is 4.80. The molecule has 4 nitrogen and oxygen atoms in total. The highest BCUT2D eigenvalue weighted by atomic mass is 32.2. The number of hydrogen-bond donors (Lipinski definition) is 1. The van der Waals surface area contributed by atoms with Crippen LogP contribution in [-0.2, 0) is 22.1 Å². The van der Waals surface area contributed by atoms with Crippen molar-refractivity contribution in [3.05, 3.63) is 29.3 Å². The lowest BCUT2D eigenvalue weighted by Gasteiger charge is -2.12. The fraction of sp³-hybridized carbons (Fsp3) is 0.538. The van der Waals surface area contributed by atoms with Crippen LogP contribution in [0.5, 0.6) is 5.75 Å². The van der Waals surface area contributed by atoms with E-state index in [0.717, 1.165) is 5.56 Å². The van der Waals surface area contributed by atoms with Gasteiger partial charge in [-0.25, -0.2) is 8.42 Å². The maximum Gasteiger partial charge on any atom is 0.154 e. The maximum absolute atomic E-state index is 12.0. The van der Waals surface area contributed by atoms with E-state index in [4.69, 9.17) is 10.5 Å². The molecule has 0 unspecified atom stereocenters. The minimum atomic E-state index is -3.11. The number of rotatable bonds is 6. The SMILES string of the molecule is COc1ccc(CN)cc1CS(=O)(=O)CC(C)C. The summed E-state index contributed by atoms with van der Waals surface area (Å²) in [5.41, 5.74) is 7.15. The molecule has 0 heterocycles. The average Bonchev–Trinajstić information content (AvgIpc) is 2.26. The van der Waals surface area contributed by atoms with Gasteiger partial charge in [-0.2, -0.15) is 0 Å². The lowest BCUT2D eigenvalue weighted by molar-refractivity contribution is 0.410. The fourth-order valence-electron chi connectivity index (χ4n) is 1.88. The zero-order valence-electron chi connectivity index (χ0n) is 11.1. The molecule has 102 valence electrons. The topological polar surface area (TPSA) is 69.4 Å². The van der Waals surface area contributed by atoms with Crippen LogP contribution in [0.15, 0.2) is 18.2 Å². The van der Waals surface area contributed by atoms with E-state index in [1.807, 2.05) is 19.9 Å². The third-order valence-corrected chi connectivity index (χ3v) is 4.47. The van der Waals surface area contributed by atoms with Gasteiger partial charge in [0.15, 0.2) is 9.84 Å². The van der Waals surface area contributed by atoms with Crippen LogP contribution >= 0.6 is 0 Å². The molecule has 0 aromatic heterocycles. The molecule has 0 radical (unpaired) electrons. The highest BCUT2D eigenvalue weighted by Gasteiger charge is 2.17. The Morgan fingerprint density at radius 3 is 2.50 bits per heavy atom. The quantitative estimate of drug-likeness (QED) is 0.855. The van der Waals surface area contributed by atoms with Crippen molar-refractivity contribution in [2.24, 2.45) is 11.7 Å². The molecule has 0 bridgehead atoms. The van der Waals surface area contributed by atoms with Crippen LogP contribution in [0.25, 0.3) is 0 Å². The van der Waals surface area contributed by atoms with Gasteiger partial charge in [0.05, 0.1) is 18.6 Å². The van der Waals surface area contributed by atoms with Gasteiger partial charge in [-0.05, 0) is 23.6 Å². The van der Waals surface area contributed by atoms with Crippen LogP contribution in [0.4, 0.5) is 0 Å². The van der Waals surface area contributed by atoms with E-state index in [9.17, 15) is 8.42 Å². The molecular formula is C13H21NO3S. The molecule has 0 aliphatic rings. The number of methoxy groups -OCH3 is 1. The molecular weight excluding hydrogens is 250 g/mol. The zero-order chi connectivity index (χ0) is 13.8. The van der Waals surface area contributed by atoms with E-state index in [0.29, 0.717) is 17.9 Å². The molecule has 0 fully saturated rings. The molecule has 0 spiro atoms. The molecule has 0 saturated carbocycles. The second-order valence-corrected chi connectivity index (χ2v) is 6.91. The smallest absolute Gasteiger partial charge is 0.154 e. The summed E-state index contributed by atoms with van der Waals surface area (Å²) in [6.07, 6.45) is 0. The summed E-state index contributed by atoms with van der Waals surface area (Å²) in [5.74, 6) is 0.906. The summed E-state index contributed by atoms with van der Waals surface area (Å²) in [5, 5.41) is 0. The fourth-order valence-corrected chi connectivity index (χ4v) is 3.71. The molecule has 2 N–H and O–H groups in total. The monoisotopic (exact) mass is 271 g/mol. The van der Waals surface area contributed by atoms with Crippen molar-refractivity contribution in [2.75, 3.05) is 12.9 Å². The summed E-state index contributed by atoms with van der Waals surface area (Å²) < 4.78 is 29.2. The van der Waals surface area contributed by atoms with E-state index in [2.05, 4.69) is 0 Å². The molecule has 0 atom stereocenters. The first-order valence-electron chi connectivity index (χ1n) is 5.94. The number of sulfone groups is 1. The summed E-state index contributed by atoms with van der Waals surface area (Å²) >= 11 is 0. The molecule has 0 aliphatic carbocycles. The number of nitrogens with two attached hydrogens (primary N) is 1. The van der Waals surface area contributed by atoms with Gasteiger partial charge in [-0.1, -0.05) is 19.9 Å². The largest absolute Gasteiger partial charge is 0.496 e. The van der Waals surface area contributed by atoms with Gasteiger partial charge in [0, 0.05) is 12.1 Å². The van der Waals surface area contributed by atoms with Crippen LogP contribution in [-0.4, -0.2) is 21.3 Å². The Morgan fingerprint density at radius 2 is 2.00 bits per heavy atom. The Labute approximate surface area is 109 Å². The van der Waals surface area contributed by atoms with Crippen LogP contribution < -0.4 is 10.5 Å². The normalized spacial score (nSPS) is 11.8. The van der Waals surface area contributed by atoms with Gasteiger partial charge >= 0.3 is 0 Å². The van der Waals surface area contributed by atoms with Crippen LogP contribution in [0.2, 0.25) is 0 Å². The third-order valence-electron chi connectivity index (χ3n) is 2.54. The Bertz CT molecular complexity index is 495. The molecule has 0 saturated heterocycles. The van der Waals surface area contributed by atoms with E-state index < -0.39 is 9.84 Å². The first-order chi connectivity index (χ1) is 8.38. The highest BCUT2D eigenvalue weighted by Crippen LogP contribution is 2.23. The van der Waals surface area contributed by atoms with Crippen LogP contribution in [0.3, 0.4) is 0 Å². The van der Waals surface area contributed by atoms with Crippen molar-refractivity contribution >= 4 is 9.84 Å². The zero-order valence-corrected chi connectivity index (χ0v) is 12.0. The predicted molar refractivity (Wildman–Crippen MR) is 73.2 cm³/mol. The molecule has 18 heavy (non-hydrogen) atoms. The average molecular weight is 271 g/mol.